The molecule has 0 aromatic heterocycles. The molecule has 1 atom stereocenters. The molecule has 2 N–H and O–H groups in total. The fourth-order valence-corrected chi connectivity index (χ4v) is 2.43. The Morgan fingerprint density at radius 3 is 2.14 bits per heavy atom. The van der Waals surface area contributed by atoms with E-state index in [0.29, 0.717) is 6.42 Å². The lowest BCUT2D eigenvalue weighted by atomic mass is 9.86. The standard InChI is InChI=1S/C9H17N3O2/c1-8(2)5-6(7(10)13)9(3,4)12(8)11-14/h6H,5H2,1-4H3,(H2,10,13). The van der Waals surface area contributed by atoms with Gasteiger partial charge in [-0.15, -0.1) is 4.91 Å². The van der Waals surface area contributed by atoms with Gasteiger partial charge in [0.15, 0.2) is 0 Å². The fraction of sp³-hybridized carbons (Fsp3) is 0.889. The molecule has 80 valence electrons. The Morgan fingerprint density at radius 2 is 1.93 bits per heavy atom. The van der Waals surface area contributed by atoms with Crippen LogP contribution < -0.4 is 5.73 Å². The van der Waals surface area contributed by atoms with Gasteiger partial charge in [-0.25, -0.2) is 5.01 Å². The molecule has 5 heteroatoms. The van der Waals surface area contributed by atoms with Crippen molar-refractivity contribution in [3.8, 4) is 0 Å². The summed E-state index contributed by atoms with van der Waals surface area (Å²) in [7, 11) is 0. The summed E-state index contributed by atoms with van der Waals surface area (Å²) in [5.74, 6) is -0.690. The van der Waals surface area contributed by atoms with Crippen molar-refractivity contribution in [2.24, 2.45) is 16.9 Å². The molecule has 1 aliphatic heterocycles. The molecule has 1 saturated heterocycles. The molecular formula is C9H17N3O2. The lowest BCUT2D eigenvalue weighted by molar-refractivity contribution is -0.124. The first-order valence-electron chi connectivity index (χ1n) is 4.66. The predicted molar refractivity (Wildman–Crippen MR) is 53.1 cm³/mol. The van der Waals surface area contributed by atoms with Crippen LogP contribution in [0.2, 0.25) is 0 Å². The van der Waals surface area contributed by atoms with Gasteiger partial charge < -0.3 is 5.73 Å². The highest BCUT2D eigenvalue weighted by molar-refractivity contribution is 5.78. The third-order valence-electron chi connectivity index (χ3n) is 3.10. The number of hydrogen-bond donors (Lipinski definition) is 1. The Balaban J connectivity index is 3.10. The predicted octanol–water partition coefficient (Wildman–Crippen LogP) is 1.03. The van der Waals surface area contributed by atoms with Crippen LogP contribution in [0.3, 0.4) is 0 Å². The summed E-state index contributed by atoms with van der Waals surface area (Å²) in [4.78, 5) is 21.9. The second-order valence-electron chi connectivity index (χ2n) is 5.02. The van der Waals surface area contributed by atoms with Gasteiger partial charge in [-0.3, -0.25) is 4.79 Å². The lowest BCUT2D eigenvalue weighted by Gasteiger charge is -2.35. The molecule has 0 bridgehead atoms. The highest BCUT2D eigenvalue weighted by Gasteiger charge is 2.54. The summed E-state index contributed by atoms with van der Waals surface area (Å²) in [6.45, 7) is 7.41. The van der Waals surface area contributed by atoms with E-state index in [1.165, 1.54) is 5.01 Å². The summed E-state index contributed by atoms with van der Waals surface area (Å²) >= 11 is 0. The third-order valence-corrected chi connectivity index (χ3v) is 3.10. The van der Waals surface area contributed by atoms with Crippen LogP contribution in [0, 0.1) is 10.8 Å². The minimum absolute atomic E-state index is 0.324. The second-order valence-corrected chi connectivity index (χ2v) is 5.02. The molecule has 1 rings (SSSR count). The molecule has 1 amide bonds. The zero-order valence-corrected chi connectivity index (χ0v) is 9.07. The van der Waals surface area contributed by atoms with Crippen LogP contribution in [-0.2, 0) is 4.79 Å². The minimum Gasteiger partial charge on any atom is -0.369 e. The summed E-state index contributed by atoms with van der Waals surface area (Å²) in [6, 6.07) is 0. The van der Waals surface area contributed by atoms with Crippen LogP contribution in [0.4, 0.5) is 0 Å². The zero-order valence-electron chi connectivity index (χ0n) is 9.07. The smallest absolute Gasteiger partial charge is 0.223 e. The van der Waals surface area contributed by atoms with E-state index < -0.39 is 11.1 Å². The SMILES string of the molecule is CC1(C)CC(C(N)=O)C(C)(C)N1N=O. The summed E-state index contributed by atoms with van der Waals surface area (Å²) in [5, 5.41) is 4.44. The molecule has 1 fully saturated rings. The number of hydrogen-bond acceptors (Lipinski definition) is 3. The average molecular weight is 199 g/mol. The largest absolute Gasteiger partial charge is 0.369 e. The molecule has 0 aromatic rings. The minimum atomic E-state index is -0.586. The summed E-state index contributed by atoms with van der Waals surface area (Å²) < 4.78 is 0. The molecule has 5 nitrogen and oxygen atoms in total. The van der Waals surface area contributed by atoms with E-state index in [-0.39, 0.29) is 11.8 Å². The Labute approximate surface area is 83.6 Å². The van der Waals surface area contributed by atoms with E-state index in [9.17, 15) is 9.70 Å². The van der Waals surface area contributed by atoms with Crippen molar-refractivity contribution in [3.05, 3.63) is 4.91 Å². The molecule has 1 aliphatic rings. The molecule has 0 spiro atoms. The Kier molecular flexibility index (Phi) is 2.29. The van der Waals surface area contributed by atoms with Crippen molar-refractivity contribution in [2.45, 2.75) is 45.2 Å². The maximum atomic E-state index is 11.2. The van der Waals surface area contributed by atoms with Crippen molar-refractivity contribution < 1.29 is 4.79 Å². The molecule has 14 heavy (non-hydrogen) atoms. The van der Waals surface area contributed by atoms with Crippen LogP contribution in [-0.4, -0.2) is 22.0 Å². The first-order chi connectivity index (χ1) is 6.23. The van der Waals surface area contributed by atoms with Gasteiger partial charge in [-0.05, 0) is 34.1 Å². The number of rotatable bonds is 2. The number of carbonyl (C=O) groups is 1. The van der Waals surface area contributed by atoms with Crippen LogP contribution in [0.15, 0.2) is 5.29 Å². The topological polar surface area (TPSA) is 75.8 Å². The maximum Gasteiger partial charge on any atom is 0.223 e. The monoisotopic (exact) mass is 199 g/mol. The van der Waals surface area contributed by atoms with Crippen molar-refractivity contribution in [1.29, 1.82) is 0 Å². The lowest BCUT2D eigenvalue weighted by Crippen LogP contribution is -2.47. The van der Waals surface area contributed by atoms with Crippen molar-refractivity contribution in [1.82, 2.24) is 5.01 Å². The van der Waals surface area contributed by atoms with E-state index in [1.54, 1.807) is 0 Å². The number of primary amides is 1. The first kappa shape index (κ1) is 10.9. The number of carbonyl (C=O) groups excluding carboxylic acids is 1. The molecule has 1 unspecified atom stereocenters. The normalized spacial score (nSPS) is 28.9. The number of nitrogens with two attached hydrogens (primary N) is 1. The highest BCUT2D eigenvalue weighted by atomic mass is 16.3. The van der Waals surface area contributed by atoms with Gasteiger partial charge in [0.05, 0.1) is 22.3 Å². The zero-order chi connectivity index (χ0) is 11.1. The van der Waals surface area contributed by atoms with E-state index >= 15 is 0 Å². The van der Waals surface area contributed by atoms with Gasteiger partial charge in [-0.2, -0.15) is 0 Å². The van der Waals surface area contributed by atoms with Crippen LogP contribution in [0.5, 0.6) is 0 Å². The number of nitrogens with zero attached hydrogens (tertiary/aromatic N) is 2. The summed E-state index contributed by atoms with van der Waals surface area (Å²) in [6.07, 6.45) is 0.571. The quantitative estimate of drug-likeness (QED) is 0.675. The Bertz CT molecular complexity index is 273. The van der Waals surface area contributed by atoms with Gasteiger partial charge in [0, 0.05) is 0 Å². The Morgan fingerprint density at radius 1 is 1.43 bits per heavy atom. The molecule has 0 saturated carbocycles. The van der Waals surface area contributed by atoms with E-state index in [4.69, 9.17) is 5.73 Å². The molecule has 0 radical (unpaired) electrons. The maximum absolute atomic E-state index is 11.2. The van der Waals surface area contributed by atoms with Crippen LogP contribution in [0.25, 0.3) is 0 Å². The van der Waals surface area contributed by atoms with Crippen molar-refractivity contribution in [3.63, 3.8) is 0 Å². The third kappa shape index (κ3) is 1.36. The molecular weight excluding hydrogens is 182 g/mol. The van der Waals surface area contributed by atoms with Gasteiger partial charge in [0.25, 0.3) is 0 Å². The first-order valence-corrected chi connectivity index (χ1v) is 4.66. The summed E-state index contributed by atoms with van der Waals surface area (Å²) in [5.41, 5.74) is 4.32. The van der Waals surface area contributed by atoms with E-state index in [2.05, 4.69) is 5.29 Å². The highest BCUT2D eigenvalue weighted by Crippen LogP contribution is 2.44. The van der Waals surface area contributed by atoms with Gasteiger partial charge in [0.1, 0.15) is 0 Å². The fourth-order valence-electron chi connectivity index (χ4n) is 2.43. The second kappa shape index (κ2) is 2.93. The van der Waals surface area contributed by atoms with E-state index in [1.807, 2.05) is 27.7 Å². The molecule has 1 heterocycles. The van der Waals surface area contributed by atoms with Crippen molar-refractivity contribution in [2.75, 3.05) is 0 Å². The van der Waals surface area contributed by atoms with Gasteiger partial charge in [-0.1, -0.05) is 0 Å². The molecule has 0 aliphatic carbocycles. The Hall–Kier alpha value is -1.13. The van der Waals surface area contributed by atoms with Crippen molar-refractivity contribution >= 4 is 5.91 Å². The average Bonchev–Trinajstić information content (AvgIpc) is 2.17. The van der Waals surface area contributed by atoms with Gasteiger partial charge in [0.2, 0.25) is 5.91 Å². The van der Waals surface area contributed by atoms with Crippen LogP contribution >= 0.6 is 0 Å². The van der Waals surface area contributed by atoms with Crippen LogP contribution in [0.1, 0.15) is 34.1 Å². The van der Waals surface area contributed by atoms with Gasteiger partial charge >= 0.3 is 0 Å². The number of nitroso groups, excluding NO2 is 1. The molecule has 0 aromatic carbocycles. The number of amides is 1. The van der Waals surface area contributed by atoms with E-state index in [0.717, 1.165) is 0 Å².